The van der Waals surface area contributed by atoms with Gasteiger partial charge in [0.25, 0.3) is 0 Å². The number of amides is 2. The quantitative estimate of drug-likeness (QED) is 0.352. The van der Waals surface area contributed by atoms with E-state index in [2.05, 4.69) is 46.3 Å². The predicted octanol–water partition coefficient (Wildman–Crippen LogP) is 5.97. The number of carbonyl (C=O) groups is 2. The summed E-state index contributed by atoms with van der Waals surface area (Å²) in [6.07, 6.45) is 6.31. The third-order valence-corrected chi connectivity index (χ3v) is 9.16. The minimum absolute atomic E-state index is 0.000272. The summed E-state index contributed by atoms with van der Waals surface area (Å²) in [5.74, 6) is 0.487. The van der Waals surface area contributed by atoms with Gasteiger partial charge in [0.15, 0.2) is 0 Å². The third kappa shape index (κ3) is 8.69. The first kappa shape index (κ1) is 30.8. The van der Waals surface area contributed by atoms with Crippen LogP contribution in [0.15, 0.2) is 48.5 Å². The normalized spacial score (nSPS) is 21.2. The van der Waals surface area contributed by atoms with Gasteiger partial charge in [-0.1, -0.05) is 72.9 Å². The van der Waals surface area contributed by atoms with E-state index >= 15 is 0 Å². The van der Waals surface area contributed by atoms with Crippen LogP contribution in [0.1, 0.15) is 69.4 Å². The average molecular weight is 588 g/mol. The lowest BCUT2D eigenvalue weighted by Gasteiger charge is -2.31. The molecule has 218 valence electrons. The Morgan fingerprint density at radius 1 is 1.05 bits per heavy atom. The van der Waals surface area contributed by atoms with Gasteiger partial charge in [0, 0.05) is 51.6 Å². The fourth-order valence-electron chi connectivity index (χ4n) is 6.00. The molecule has 2 heterocycles. The van der Waals surface area contributed by atoms with Crippen LogP contribution in [0.25, 0.3) is 0 Å². The van der Waals surface area contributed by atoms with Crippen LogP contribution in [0.3, 0.4) is 0 Å². The first-order valence-corrected chi connectivity index (χ1v) is 15.6. The predicted molar refractivity (Wildman–Crippen MR) is 164 cm³/mol. The van der Waals surface area contributed by atoms with Crippen LogP contribution in [0.2, 0.25) is 10.0 Å². The molecule has 0 radical (unpaired) electrons. The maximum atomic E-state index is 14.0. The monoisotopic (exact) mass is 586 g/mol. The Kier molecular flexibility index (Phi) is 11.7. The summed E-state index contributed by atoms with van der Waals surface area (Å²) in [5.41, 5.74) is 2.21. The number of halogens is 2. The highest BCUT2D eigenvalue weighted by Crippen LogP contribution is 2.25. The van der Waals surface area contributed by atoms with Gasteiger partial charge in [-0.05, 0) is 68.5 Å². The largest absolute Gasteiger partial charge is 0.341 e. The Balaban J connectivity index is 1.49. The van der Waals surface area contributed by atoms with Crippen LogP contribution in [-0.2, 0) is 16.1 Å². The molecular formula is C32H44Cl2N4O2. The number of piperidine rings is 1. The van der Waals surface area contributed by atoms with Crippen LogP contribution in [-0.4, -0.2) is 77.9 Å². The summed E-state index contributed by atoms with van der Waals surface area (Å²) in [6.45, 7) is 9.32. The molecule has 0 bridgehead atoms. The second-order valence-corrected chi connectivity index (χ2v) is 12.2. The van der Waals surface area contributed by atoms with E-state index in [9.17, 15) is 9.59 Å². The molecule has 2 aliphatic heterocycles. The molecule has 3 atom stereocenters. The lowest BCUT2D eigenvalue weighted by atomic mass is 9.95. The third-order valence-electron chi connectivity index (χ3n) is 8.42. The first-order chi connectivity index (χ1) is 19.3. The zero-order valence-corrected chi connectivity index (χ0v) is 25.5. The second-order valence-electron chi connectivity index (χ2n) is 11.3. The molecule has 6 nitrogen and oxygen atoms in total. The summed E-state index contributed by atoms with van der Waals surface area (Å²) in [5, 5.41) is 4.68. The van der Waals surface area contributed by atoms with Gasteiger partial charge in [0.05, 0.1) is 16.1 Å². The molecule has 4 rings (SSSR count). The molecule has 40 heavy (non-hydrogen) atoms. The highest BCUT2D eigenvalue weighted by molar-refractivity contribution is 6.42. The maximum Gasteiger partial charge on any atom is 0.239 e. The van der Waals surface area contributed by atoms with Crippen LogP contribution >= 0.6 is 23.2 Å². The van der Waals surface area contributed by atoms with Crippen LogP contribution in [0.4, 0.5) is 0 Å². The van der Waals surface area contributed by atoms with E-state index in [1.165, 1.54) is 24.8 Å². The fraction of sp³-hybridized carbons (Fsp3) is 0.562. The Morgan fingerprint density at radius 2 is 1.80 bits per heavy atom. The van der Waals surface area contributed by atoms with Gasteiger partial charge < -0.3 is 20.0 Å². The first-order valence-electron chi connectivity index (χ1n) is 14.9. The molecule has 0 saturated carbocycles. The van der Waals surface area contributed by atoms with Gasteiger partial charge >= 0.3 is 0 Å². The number of rotatable bonds is 11. The molecule has 2 saturated heterocycles. The van der Waals surface area contributed by atoms with E-state index in [-0.39, 0.29) is 23.9 Å². The number of nitrogens with zero attached hydrogens (tertiary/aromatic N) is 3. The molecule has 2 aromatic rings. The van der Waals surface area contributed by atoms with Crippen molar-refractivity contribution >= 4 is 35.0 Å². The molecule has 2 amide bonds. The smallest absolute Gasteiger partial charge is 0.239 e. The Labute approximate surface area is 250 Å². The zero-order chi connectivity index (χ0) is 28.5. The molecule has 1 N–H and O–H groups in total. The summed E-state index contributed by atoms with van der Waals surface area (Å²) < 4.78 is 0. The fourth-order valence-corrected chi connectivity index (χ4v) is 6.32. The molecule has 2 aromatic carbocycles. The van der Waals surface area contributed by atoms with Gasteiger partial charge in [-0.15, -0.1) is 0 Å². The molecule has 2 fully saturated rings. The van der Waals surface area contributed by atoms with E-state index in [4.69, 9.17) is 23.2 Å². The van der Waals surface area contributed by atoms with Gasteiger partial charge in [-0.25, -0.2) is 0 Å². The van der Waals surface area contributed by atoms with Crippen molar-refractivity contribution in [1.82, 2.24) is 20.0 Å². The van der Waals surface area contributed by atoms with Crippen molar-refractivity contribution in [1.29, 1.82) is 0 Å². The Morgan fingerprint density at radius 3 is 2.48 bits per heavy atom. The Hall–Kier alpha value is -2.12. The van der Waals surface area contributed by atoms with Crippen molar-refractivity contribution in [2.45, 2.75) is 76.9 Å². The molecule has 0 aliphatic carbocycles. The number of hydrogen-bond acceptors (Lipinski definition) is 4. The van der Waals surface area contributed by atoms with E-state index < -0.39 is 0 Å². The van der Waals surface area contributed by atoms with Crippen LogP contribution in [0.5, 0.6) is 0 Å². The van der Waals surface area contributed by atoms with Crippen molar-refractivity contribution < 1.29 is 9.59 Å². The summed E-state index contributed by atoms with van der Waals surface area (Å²) in [4.78, 5) is 33.1. The van der Waals surface area contributed by atoms with Crippen LogP contribution < -0.4 is 5.32 Å². The average Bonchev–Trinajstić information content (AvgIpc) is 3.11. The molecule has 2 aliphatic rings. The van der Waals surface area contributed by atoms with Gasteiger partial charge in [0.2, 0.25) is 11.8 Å². The van der Waals surface area contributed by atoms with Gasteiger partial charge in [0.1, 0.15) is 0 Å². The topological polar surface area (TPSA) is 55.9 Å². The minimum atomic E-state index is -0.263. The van der Waals surface area contributed by atoms with Crippen molar-refractivity contribution in [3.05, 3.63) is 69.7 Å². The SMILES string of the molecule is CCC(CN1CCC(CN(Cc2ccc(Cl)c(Cl)c2)C(C)=O)NC(CCN2CCCCC2)C1=O)c1ccccc1. The van der Waals surface area contributed by atoms with Crippen molar-refractivity contribution in [3.8, 4) is 0 Å². The molecule has 3 unspecified atom stereocenters. The molecule has 8 heteroatoms. The van der Waals surface area contributed by atoms with Gasteiger partial charge in [-0.3, -0.25) is 9.59 Å². The lowest BCUT2D eigenvalue weighted by Crippen LogP contribution is -2.50. The van der Waals surface area contributed by atoms with Crippen LogP contribution in [0, 0.1) is 0 Å². The van der Waals surface area contributed by atoms with E-state index in [1.807, 2.05) is 23.1 Å². The summed E-state index contributed by atoms with van der Waals surface area (Å²) in [6, 6.07) is 15.8. The molecule has 0 spiro atoms. The lowest BCUT2D eigenvalue weighted by molar-refractivity contribution is -0.133. The minimum Gasteiger partial charge on any atom is -0.341 e. The van der Waals surface area contributed by atoms with Crippen molar-refractivity contribution in [2.75, 3.05) is 39.3 Å². The van der Waals surface area contributed by atoms with Crippen molar-refractivity contribution in [3.63, 3.8) is 0 Å². The summed E-state index contributed by atoms with van der Waals surface area (Å²) >= 11 is 12.3. The zero-order valence-electron chi connectivity index (χ0n) is 24.0. The standard InChI is InChI=1S/C32H44Cl2N4O2/c1-3-26(27-10-6-4-7-11-27)22-37-19-14-28(35-31(32(37)40)15-18-36-16-8-5-9-17-36)23-38(24(2)39)21-25-12-13-29(33)30(34)20-25/h4,6-7,10-13,20,26,28,31,35H,3,5,8-9,14-19,21-23H2,1-2H3. The van der Waals surface area contributed by atoms with Crippen molar-refractivity contribution in [2.24, 2.45) is 0 Å². The Bertz CT molecular complexity index is 1110. The summed E-state index contributed by atoms with van der Waals surface area (Å²) in [7, 11) is 0. The number of benzene rings is 2. The van der Waals surface area contributed by atoms with Gasteiger partial charge in [-0.2, -0.15) is 0 Å². The van der Waals surface area contributed by atoms with E-state index in [1.54, 1.807) is 13.0 Å². The number of likely N-dealkylation sites (tertiary alicyclic amines) is 1. The van der Waals surface area contributed by atoms with E-state index in [0.29, 0.717) is 42.1 Å². The second kappa shape index (κ2) is 15.2. The number of hydrogen-bond donors (Lipinski definition) is 1. The number of nitrogens with one attached hydrogen (secondary N) is 1. The maximum absolute atomic E-state index is 14.0. The van der Waals surface area contributed by atoms with E-state index in [0.717, 1.165) is 44.5 Å². The molecule has 0 aromatic heterocycles. The highest BCUT2D eigenvalue weighted by Gasteiger charge is 2.33. The number of carbonyl (C=O) groups excluding carboxylic acids is 2. The highest BCUT2D eigenvalue weighted by atomic mass is 35.5. The molecular weight excluding hydrogens is 543 g/mol.